The van der Waals surface area contributed by atoms with Crippen LogP contribution in [0.15, 0.2) is 27.6 Å². The third-order valence-electron chi connectivity index (χ3n) is 2.61. The molecular formula is C11H12N2O2S. The Balaban J connectivity index is 3.00. The molecule has 0 aromatic carbocycles. The number of fused-ring (bicyclic) bond motifs is 1. The van der Waals surface area contributed by atoms with Crippen molar-refractivity contribution in [2.24, 2.45) is 14.1 Å². The predicted molar refractivity (Wildman–Crippen MR) is 66.2 cm³/mol. The van der Waals surface area contributed by atoms with Gasteiger partial charge in [-0.1, -0.05) is 6.08 Å². The van der Waals surface area contributed by atoms with E-state index in [1.54, 1.807) is 13.1 Å². The van der Waals surface area contributed by atoms with E-state index < -0.39 is 0 Å². The third-order valence-corrected chi connectivity index (χ3v) is 3.71. The normalized spacial score (nSPS) is 10.9. The largest absolute Gasteiger partial charge is 0.331 e. The highest BCUT2D eigenvalue weighted by Gasteiger charge is 2.13. The SMILES string of the molecule is C=CCc1csc2c1c(=O)n(C)c(=O)n2C. The fourth-order valence-corrected chi connectivity index (χ4v) is 2.77. The van der Waals surface area contributed by atoms with Crippen molar-refractivity contribution >= 4 is 21.6 Å². The molecule has 0 atom stereocenters. The summed E-state index contributed by atoms with van der Waals surface area (Å²) in [5.74, 6) is 0. The van der Waals surface area contributed by atoms with E-state index in [2.05, 4.69) is 6.58 Å². The molecule has 0 amide bonds. The molecule has 84 valence electrons. The predicted octanol–water partition coefficient (Wildman–Crippen LogP) is 1.03. The van der Waals surface area contributed by atoms with Crippen LogP contribution in [0.2, 0.25) is 0 Å². The molecule has 4 nitrogen and oxygen atoms in total. The van der Waals surface area contributed by atoms with Gasteiger partial charge in [-0.2, -0.15) is 0 Å². The molecule has 0 N–H and O–H groups in total. The molecule has 0 bridgehead atoms. The summed E-state index contributed by atoms with van der Waals surface area (Å²) in [6.07, 6.45) is 2.40. The smallest absolute Gasteiger partial charge is 0.287 e. The maximum atomic E-state index is 12.0. The molecule has 0 fully saturated rings. The van der Waals surface area contributed by atoms with Crippen LogP contribution in [0.1, 0.15) is 5.56 Å². The number of rotatable bonds is 2. The fraction of sp³-hybridized carbons (Fsp3) is 0.273. The molecule has 0 saturated carbocycles. The van der Waals surface area contributed by atoms with Crippen LogP contribution in [0.25, 0.3) is 10.2 Å². The molecule has 0 aliphatic rings. The number of nitrogens with zero attached hydrogens (tertiary/aromatic N) is 2. The summed E-state index contributed by atoms with van der Waals surface area (Å²) in [5, 5.41) is 2.54. The number of aryl methyl sites for hydroxylation is 1. The standard InChI is InChI=1S/C11H12N2O2S/c1-4-5-7-6-16-10-8(7)9(14)12(2)11(15)13(10)3/h4,6H,1,5H2,2-3H3. The minimum absolute atomic E-state index is 0.226. The molecule has 0 radical (unpaired) electrons. The molecule has 2 rings (SSSR count). The Bertz CT molecular complexity index is 676. The van der Waals surface area contributed by atoms with Crippen LogP contribution in [0.5, 0.6) is 0 Å². The van der Waals surface area contributed by atoms with Gasteiger partial charge in [-0.25, -0.2) is 4.79 Å². The average Bonchev–Trinajstić information content (AvgIpc) is 2.68. The van der Waals surface area contributed by atoms with Crippen molar-refractivity contribution in [1.82, 2.24) is 9.13 Å². The minimum atomic E-state index is -0.287. The van der Waals surface area contributed by atoms with Crippen molar-refractivity contribution in [2.75, 3.05) is 0 Å². The minimum Gasteiger partial charge on any atom is -0.287 e. The summed E-state index contributed by atoms with van der Waals surface area (Å²) in [6.45, 7) is 3.66. The Morgan fingerprint density at radius 2 is 2.06 bits per heavy atom. The van der Waals surface area contributed by atoms with Crippen LogP contribution >= 0.6 is 11.3 Å². The van der Waals surface area contributed by atoms with Gasteiger partial charge in [-0.15, -0.1) is 17.9 Å². The number of allylic oxidation sites excluding steroid dienone is 1. The molecular weight excluding hydrogens is 224 g/mol. The van der Waals surface area contributed by atoms with E-state index >= 15 is 0 Å². The molecule has 5 heteroatoms. The van der Waals surface area contributed by atoms with Crippen molar-refractivity contribution in [2.45, 2.75) is 6.42 Å². The van der Waals surface area contributed by atoms with Crippen LogP contribution in [-0.4, -0.2) is 9.13 Å². The molecule has 2 aromatic rings. The van der Waals surface area contributed by atoms with E-state index in [-0.39, 0.29) is 11.2 Å². The van der Waals surface area contributed by atoms with Crippen molar-refractivity contribution in [3.63, 3.8) is 0 Å². The van der Waals surface area contributed by atoms with Crippen LogP contribution in [0.3, 0.4) is 0 Å². The third kappa shape index (κ3) is 1.36. The van der Waals surface area contributed by atoms with E-state index in [1.807, 2.05) is 5.38 Å². The van der Waals surface area contributed by atoms with E-state index in [1.165, 1.54) is 23.0 Å². The summed E-state index contributed by atoms with van der Waals surface area (Å²) >= 11 is 1.42. The number of hydrogen-bond donors (Lipinski definition) is 0. The summed E-state index contributed by atoms with van der Waals surface area (Å²) in [7, 11) is 3.18. The lowest BCUT2D eigenvalue weighted by atomic mass is 10.2. The first-order valence-electron chi connectivity index (χ1n) is 4.85. The second kappa shape index (κ2) is 3.75. The van der Waals surface area contributed by atoms with Gasteiger partial charge in [0.15, 0.2) is 0 Å². The summed E-state index contributed by atoms with van der Waals surface area (Å²) in [4.78, 5) is 24.4. The summed E-state index contributed by atoms with van der Waals surface area (Å²) in [5.41, 5.74) is 0.423. The van der Waals surface area contributed by atoms with E-state index in [0.717, 1.165) is 15.0 Å². The zero-order chi connectivity index (χ0) is 11.9. The maximum Gasteiger partial charge on any atom is 0.331 e. The molecule has 2 aromatic heterocycles. The summed E-state index contributed by atoms with van der Waals surface area (Å²) < 4.78 is 2.65. The zero-order valence-corrected chi connectivity index (χ0v) is 10.0. The topological polar surface area (TPSA) is 44.0 Å². The van der Waals surface area contributed by atoms with Gasteiger partial charge in [-0.3, -0.25) is 13.9 Å². The first-order chi connectivity index (χ1) is 7.57. The Labute approximate surface area is 96.1 Å². The van der Waals surface area contributed by atoms with Crippen LogP contribution in [0, 0.1) is 0 Å². The fourth-order valence-electron chi connectivity index (χ4n) is 1.73. The van der Waals surface area contributed by atoms with E-state index in [4.69, 9.17) is 0 Å². The molecule has 2 heterocycles. The lowest BCUT2D eigenvalue weighted by molar-refractivity contribution is 0.716. The highest BCUT2D eigenvalue weighted by molar-refractivity contribution is 7.17. The molecule has 0 aliphatic heterocycles. The highest BCUT2D eigenvalue weighted by atomic mass is 32.1. The molecule has 0 spiro atoms. The molecule has 0 saturated heterocycles. The summed E-state index contributed by atoms with van der Waals surface area (Å²) in [6, 6.07) is 0. The van der Waals surface area contributed by atoms with Gasteiger partial charge in [0.05, 0.1) is 5.39 Å². The van der Waals surface area contributed by atoms with Gasteiger partial charge in [0.2, 0.25) is 0 Å². The first-order valence-corrected chi connectivity index (χ1v) is 5.73. The Kier molecular flexibility index (Phi) is 2.55. The number of hydrogen-bond acceptors (Lipinski definition) is 3. The van der Waals surface area contributed by atoms with Crippen LogP contribution in [0.4, 0.5) is 0 Å². The van der Waals surface area contributed by atoms with E-state index in [0.29, 0.717) is 11.8 Å². The quantitative estimate of drug-likeness (QED) is 0.731. The number of thiophene rings is 1. The molecule has 16 heavy (non-hydrogen) atoms. The van der Waals surface area contributed by atoms with Crippen molar-refractivity contribution in [3.8, 4) is 0 Å². The van der Waals surface area contributed by atoms with Crippen LogP contribution in [-0.2, 0) is 20.5 Å². The van der Waals surface area contributed by atoms with E-state index in [9.17, 15) is 9.59 Å². The van der Waals surface area contributed by atoms with Gasteiger partial charge in [0, 0.05) is 14.1 Å². The van der Waals surface area contributed by atoms with Gasteiger partial charge in [0.1, 0.15) is 4.83 Å². The number of aromatic nitrogens is 2. The molecule has 0 unspecified atom stereocenters. The Morgan fingerprint density at radius 3 is 2.69 bits per heavy atom. The zero-order valence-electron chi connectivity index (χ0n) is 9.19. The monoisotopic (exact) mass is 236 g/mol. The van der Waals surface area contributed by atoms with Gasteiger partial charge >= 0.3 is 5.69 Å². The van der Waals surface area contributed by atoms with Gasteiger partial charge in [0.25, 0.3) is 5.56 Å². The maximum absolute atomic E-state index is 12.0. The average molecular weight is 236 g/mol. The molecule has 0 aliphatic carbocycles. The Hall–Kier alpha value is -1.62. The van der Waals surface area contributed by atoms with Crippen LogP contribution < -0.4 is 11.2 Å². The van der Waals surface area contributed by atoms with Crippen molar-refractivity contribution < 1.29 is 0 Å². The lowest BCUT2D eigenvalue weighted by Gasteiger charge is -2.03. The van der Waals surface area contributed by atoms with Crippen molar-refractivity contribution in [3.05, 3.63) is 44.4 Å². The van der Waals surface area contributed by atoms with Crippen molar-refractivity contribution in [1.29, 1.82) is 0 Å². The van der Waals surface area contributed by atoms with Gasteiger partial charge in [-0.05, 0) is 17.4 Å². The first kappa shape index (κ1) is 10.9. The highest BCUT2D eigenvalue weighted by Crippen LogP contribution is 2.21. The Morgan fingerprint density at radius 1 is 1.38 bits per heavy atom. The van der Waals surface area contributed by atoms with Gasteiger partial charge < -0.3 is 0 Å². The second-order valence-corrected chi connectivity index (χ2v) is 4.50. The lowest BCUT2D eigenvalue weighted by Crippen LogP contribution is -2.36. The second-order valence-electron chi connectivity index (χ2n) is 3.64.